The molecule has 1 N–H and O–H groups in total. The number of aliphatic hydroxyl groups is 1. The topological polar surface area (TPSA) is 20.2 Å². The summed E-state index contributed by atoms with van der Waals surface area (Å²) in [5.41, 5.74) is -0.832. The second-order valence-electron chi connectivity index (χ2n) is 3.17. The molecule has 0 aromatic heterocycles. The van der Waals surface area contributed by atoms with E-state index < -0.39 is 5.60 Å². The molecule has 0 amide bonds. The SMILES string of the molecule is CC#CC1(O)C=CC(C)CC1. The van der Waals surface area contributed by atoms with Gasteiger partial charge in [0.15, 0.2) is 0 Å². The molecule has 1 aliphatic carbocycles. The molecule has 0 saturated heterocycles. The maximum absolute atomic E-state index is 9.73. The van der Waals surface area contributed by atoms with Gasteiger partial charge in [0.1, 0.15) is 5.60 Å². The normalized spacial score (nSPS) is 36.1. The van der Waals surface area contributed by atoms with Crippen molar-refractivity contribution < 1.29 is 5.11 Å². The lowest BCUT2D eigenvalue weighted by Gasteiger charge is -2.24. The first-order valence-corrected chi connectivity index (χ1v) is 4.02. The van der Waals surface area contributed by atoms with Crippen molar-refractivity contribution >= 4 is 0 Å². The molecule has 1 nitrogen and oxygen atoms in total. The lowest BCUT2D eigenvalue weighted by Crippen LogP contribution is -2.27. The first-order valence-electron chi connectivity index (χ1n) is 4.02. The van der Waals surface area contributed by atoms with Crippen LogP contribution in [0.4, 0.5) is 0 Å². The monoisotopic (exact) mass is 150 g/mol. The summed E-state index contributed by atoms with van der Waals surface area (Å²) in [6, 6.07) is 0. The molecule has 0 aliphatic heterocycles. The summed E-state index contributed by atoms with van der Waals surface area (Å²) in [5, 5.41) is 9.73. The number of allylic oxidation sites excluding steroid dienone is 1. The lowest BCUT2D eigenvalue weighted by molar-refractivity contribution is 0.129. The highest BCUT2D eigenvalue weighted by Gasteiger charge is 2.24. The Labute approximate surface area is 68.1 Å². The minimum Gasteiger partial charge on any atom is -0.374 e. The van der Waals surface area contributed by atoms with Crippen LogP contribution >= 0.6 is 0 Å². The van der Waals surface area contributed by atoms with Crippen molar-refractivity contribution in [3.63, 3.8) is 0 Å². The fourth-order valence-corrected chi connectivity index (χ4v) is 1.27. The Balaban J connectivity index is 2.73. The van der Waals surface area contributed by atoms with Gasteiger partial charge in [0.25, 0.3) is 0 Å². The second kappa shape index (κ2) is 3.11. The molecule has 0 aromatic carbocycles. The van der Waals surface area contributed by atoms with Gasteiger partial charge in [-0.3, -0.25) is 0 Å². The third-order valence-electron chi connectivity index (χ3n) is 2.02. The number of rotatable bonds is 0. The highest BCUT2D eigenvalue weighted by atomic mass is 16.3. The zero-order chi connectivity index (χ0) is 8.32. The molecule has 11 heavy (non-hydrogen) atoms. The Hall–Kier alpha value is -0.740. The average molecular weight is 150 g/mol. The first kappa shape index (κ1) is 8.36. The predicted molar refractivity (Wildman–Crippen MR) is 45.9 cm³/mol. The van der Waals surface area contributed by atoms with Crippen molar-refractivity contribution in [3.05, 3.63) is 12.2 Å². The molecule has 0 radical (unpaired) electrons. The van der Waals surface area contributed by atoms with Gasteiger partial charge in [-0.15, -0.1) is 5.92 Å². The molecular formula is C10H14O. The minimum absolute atomic E-state index is 0.592. The molecule has 2 atom stereocenters. The van der Waals surface area contributed by atoms with Gasteiger partial charge < -0.3 is 5.11 Å². The maximum Gasteiger partial charge on any atom is 0.144 e. The van der Waals surface area contributed by atoms with Gasteiger partial charge in [-0.05, 0) is 31.8 Å². The van der Waals surface area contributed by atoms with Crippen molar-refractivity contribution in [2.24, 2.45) is 5.92 Å². The van der Waals surface area contributed by atoms with Crippen molar-refractivity contribution in [1.29, 1.82) is 0 Å². The van der Waals surface area contributed by atoms with Crippen LogP contribution < -0.4 is 0 Å². The summed E-state index contributed by atoms with van der Waals surface area (Å²) in [5.74, 6) is 6.13. The lowest BCUT2D eigenvalue weighted by atomic mass is 9.86. The molecule has 1 rings (SSSR count). The molecule has 0 fully saturated rings. The Morgan fingerprint density at radius 2 is 2.36 bits per heavy atom. The second-order valence-corrected chi connectivity index (χ2v) is 3.17. The molecule has 0 aromatic rings. The van der Waals surface area contributed by atoms with Crippen LogP contribution in [-0.2, 0) is 0 Å². The summed E-state index contributed by atoms with van der Waals surface area (Å²) in [4.78, 5) is 0. The van der Waals surface area contributed by atoms with E-state index in [-0.39, 0.29) is 0 Å². The summed E-state index contributed by atoms with van der Waals surface area (Å²) in [6.45, 7) is 3.90. The van der Waals surface area contributed by atoms with Crippen LogP contribution in [-0.4, -0.2) is 10.7 Å². The van der Waals surface area contributed by atoms with Gasteiger partial charge in [0.05, 0.1) is 0 Å². The first-order chi connectivity index (χ1) is 5.16. The fraction of sp³-hybridized carbons (Fsp3) is 0.600. The van der Waals surface area contributed by atoms with Crippen molar-refractivity contribution in [2.75, 3.05) is 0 Å². The average Bonchev–Trinajstić information content (AvgIpc) is 1.97. The molecule has 0 bridgehead atoms. The van der Waals surface area contributed by atoms with Crippen molar-refractivity contribution in [3.8, 4) is 11.8 Å². The summed E-state index contributed by atoms with van der Waals surface area (Å²) >= 11 is 0. The molecule has 0 spiro atoms. The van der Waals surface area contributed by atoms with Gasteiger partial charge in [-0.2, -0.15) is 0 Å². The standard InChI is InChI=1S/C10H14O/c1-3-6-10(11)7-4-9(2)5-8-10/h4,7,9,11H,5,8H2,1-2H3. The predicted octanol–water partition coefficient (Wildman–Crippen LogP) is 1.73. The third kappa shape index (κ3) is 2.10. The van der Waals surface area contributed by atoms with E-state index in [2.05, 4.69) is 18.8 Å². The quantitative estimate of drug-likeness (QED) is 0.412. The third-order valence-corrected chi connectivity index (χ3v) is 2.02. The number of hydrogen-bond acceptors (Lipinski definition) is 1. The van der Waals surface area contributed by atoms with Gasteiger partial charge in [0.2, 0.25) is 0 Å². The van der Waals surface area contributed by atoms with E-state index in [1.807, 2.05) is 12.2 Å². The Morgan fingerprint density at radius 1 is 1.64 bits per heavy atom. The van der Waals surface area contributed by atoms with Gasteiger partial charge in [0, 0.05) is 0 Å². The van der Waals surface area contributed by atoms with Crippen molar-refractivity contribution in [2.45, 2.75) is 32.3 Å². The molecule has 0 saturated carbocycles. The van der Waals surface area contributed by atoms with E-state index in [1.165, 1.54) is 0 Å². The van der Waals surface area contributed by atoms with E-state index in [0.29, 0.717) is 5.92 Å². The zero-order valence-electron chi connectivity index (χ0n) is 7.09. The van der Waals surface area contributed by atoms with Crippen LogP contribution in [0, 0.1) is 17.8 Å². The molecule has 1 heteroatoms. The van der Waals surface area contributed by atoms with Crippen LogP contribution in [0.15, 0.2) is 12.2 Å². The Kier molecular flexibility index (Phi) is 2.36. The minimum atomic E-state index is -0.832. The summed E-state index contributed by atoms with van der Waals surface area (Å²) < 4.78 is 0. The molecule has 60 valence electrons. The molecule has 0 heterocycles. The fourth-order valence-electron chi connectivity index (χ4n) is 1.27. The molecule has 1 aliphatic rings. The van der Waals surface area contributed by atoms with Gasteiger partial charge >= 0.3 is 0 Å². The van der Waals surface area contributed by atoms with Crippen molar-refractivity contribution in [1.82, 2.24) is 0 Å². The van der Waals surface area contributed by atoms with E-state index in [0.717, 1.165) is 12.8 Å². The summed E-state index contributed by atoms with van der Waals surface area (Å²) in [7, 11) is 0. The van der Waals surface area contributed by atoms with E-state index >= 15 is 0 Å². The smallest absolute Gasteiger partial charge is 0.144 e. The summed E-state index contributed by atoms with van der Waals surface area (Å²) in [6.07, 6.45) is 5.65. The highest BCUT2D eigenvalue weighted by Crippen LogP contribution is 2.24. The maximum atomic E-state index is 9.73. The van der Waals surface area contributed by atoms with Crippen LogP contribution in [0.3, 0.4) is 0 Å². The highest BCUT2D eigenvalue weighted by molar-refractivity contribution is 5.24. The largest absolute Gasteiger partial charge is 0.374 e. The Morgan fingerprint density at radius 3 is 2.82 bits per heavy atom. The molecule has 2 unspecified atom stereocenters. The number of hydrogen-bond donors (Lipinski definition) is 1. The van der Waals surface area contributed by atoms with E-state index in [1.54, 1.807) is 6.92 Å². The zero-order valence-corrected chi connectivity index (χ0v) is 7.09. The Bertz CT molecular complexity index is 219. The van der Waals surface area contributed by atoms with Gasteiger partial charge in [-0.25, -0.2) is 0 Å². The van der Waals surface area contributed by atoms with E-state index in [9.17, 15) is 5.11 Å². The van der Waals surface area contributed by atoms with Crippen LogP contribution in [0.2, 0.25) is 0 Å². The van der Waals surface area contributed by atoms with Gasteiger partial charge in [-0.1, -0.05) is 18.9 Å². The van der Waals surface area contributed by atoms with E-state index in [4.69, 9.17) is 0 Å². The molecular weight excluding hydrogens is 136 g/mol. The van der Waals surface area contributed by atoms with Crippen LogP contribution in [0.5, 0.6) is 0 Å². The van der Waals surface area contributed by atoms with Crippen LogP contribution in [0.25, 0.3) is 0 Å². The van der Waals surface area contributed by atoms with Crippen LogP contribution in [0.1, 0.15) is 26.7 Å².